The summed E-state index contributed by atoms with van der Waals surface area (Å²) in [4.78, 5) is 26.4. The molecule has 5 rings (SSSR count). The number of rotatable bonds is 8. The van der Waals surface area contributed by atoms with Gasteiger partial charge in [0.2, 0.25) is 10.0 Å². The van der Waals surface area contributed by atoms with Crippen molar-refractivity contribution in [2.75, 3.05) is 26.8 Å². The Bertz CT molecular complexity index is 1560. The number of carbonyl (C=O) groups is 2. The molecule has 0 aliphatic carbocycles. The van der Waals surface area contributed by atoms with Crippen molar-refractivity contribution in [3.63, 3.8) is 0 Å². The Morgan fingerprint density at radius 1 is 0.929 bits per heavy atom. The third-order valence-corrected chi connectivity index (χ3v) is 9.47. The quantitative estimate of drug-likeness (QED) is 0.346. The van der Waals surface area contributed by atoms with E-state index in [0.29, 0.717) is 25.3 Å². The second-order valence-corrected chi connectivity index (χ2v) is 13.0. The Balaban J connectivity index is 1.31. The number of methoxy groups -OCH3 is 1. The molecule has 2 aliphatic rings. The van der Waals surface area contributed by atoms with E-state index in [4.69, 9.17) is 9.47 Å². The lowest BCUT2D eigenvalue weighted by molar-refractivity contribution is -0.136. The highest BCUT2D eigenvalue weighted by Gasteiger charge is 2.34. The number of hydrogen-bond donors (Lipinski definition) is 0. The van der Waals surface area contributed by atoms with Gasteiger partial charge in [-0.25, -0.2) is 18.2 Å². The first kappa shape index (κ1) is 29.5. The Kier molecular flexibility index (Phi) is 8.74. The molecule has 0 spiro atoms. The minimum atomic E-state index is -3.78. The van der Waals surface area contributed by atoms with Crippen molar-refractivity contribution in [3.05, 3.63) is 95.6 Å². The fourth-order valence-corrected chi connectivity index (χ4v) is 7.37. The van der Waals surface area contributed by atoms with Gasteiger partial charge < -0.3 is 9.47 Å². The van der Waals surface area contributed by atoms with Crippen LogP contribution in [0.25, 0.3) is 0 Å². The van der Waals surface area contributed by atoms with Crippen molar-refractivity contribution in [3.8, 4) is 5.75 Å². The minimum absolute atomic E-state index is 0.0285. The number of amides is 1. The van der Waals surface area contributed by atoms with Crippen LogP contribution in [-0.4, -0.2) is 62.1 Å². The van der Waals surface area contributed by atoms with Crippen molar-refractivity contribution in [1.29, 1.82) is 0 Å². The molecule has 0 bridgehead atoms. The maximum absolute atomic E-state index is 13.4. The van der Waals surface area contributed by atoms with E-state index in [0.717, 1.165) is 23.3 Å². The molecule has 2 aliphatic heterocycles. The first-order valence-electron chi connectivity index (χ1n) is 14.0. The topological polar surface area (TPSA) is 106 Å². The van der Waals surface area contributed by atoms with E-state index in [2.05, 4.69) is 5.10 Å². The Morgan fingerprint density at radius 2 is 1.62 bits per heavy atom. The average Bonchev–Trinajstić information content (AvgIpc) is 3.45. The summed E-state index contributed by atoms with van der Waals surface area (Å²) in [6, 6.07) is 22.4. The SMILES string of the molecule is COc1ccc(C2CC(c3ccccc3)=NN2C(=O)COC(=O)c2cccc(S(=O)(=O)N3CC(C)CC(C)C3)c2)cc1. The van der Waals surface area contributed by atoms with Crippen molar-refractivity contribution in [2.45, 2.75) is 37.6 Å². The summed E-state index contributed by atoms with van der Waals surface area (Å²) in [6.07, 6.45) is 1.46. The molecule has 0 radical (unpaired) electrons. The summed E-state index contributed by atoms with van der Waals surface area (Å²) < 4.78 is 38.8. The van der Waals surface area contributed by atoms with E-state index < -0.39 is 28.5 Å². The standard InChI is InChI=1S/C32H35N3O6S/c1-22-16-23(2)20-34(19-22)42(38,39)28-11-7-10-26(17-28)32(37)41-21-31(36)35-30(25-12-14-27(40-3)15-13-25)18-29(33-35)24-8-5-4-6-9-24/h4-15,17,22-23,30H,16,18-21H2,1-3H3. The van der Waals surface area contributed by atoms with Gasteiger partial charge in [0, 0.05) is 19.5 Å². The van der Waals surface area contributed by atoms with Crippen LogP contribution in [0.15, 0.2) is 88.9 Å². The lowest BCUT2D eigenvalue weighted by Crippen LogP contribution is -2.42. The highest BCUT2D eigenvalue weighted by molar-refractivity contribution is 7.89. The predicted molar refractivity (Wildman–Crippen MR) is 159 cm³/mol. The number of sulfonamides is 1. The van der Waals surface area contributed by atoms with Gasteiger partial charge in [-0.1, -0.05) is 62.4 Å². The maximum atomic E-state index is 13.4. The second-order valence-electron chi connectivity index (χ2n) is 11.0. The lowest BCUT2D eigenvalue weighted by atomic mass is 9.94. The van der Waals surface area contributed by atoms with Crippen LogP contribution in [0.3, 0.4) is 0 Å². The summed E-state index contributed by atoms with van der Waals surface area (Å²) >= 11 is 0. The number of hydrazone groups is 1. The first-order chi connectivity index (χ1) is 20.2. The fourth-order valence-electron chi connectivity index (χ4n) is 5.64. The normalized spacial score (nSPS) is 21.1. The Morgan fingerprint density at radius 3 is 2.29 bits per heavy atom. The van der Waals surface area contributed by atoms with Crippen LogP contribution in [0.1, 0.15) is 54.2 Å². The molecule has 1 amide bonds. The van der Waals surface area contributed by atoms with Gasteiger partial charge in [0.25, 0.3) is 5.91 Å². The molecule has 0 saturated carbocycles. The predicted octanol–water partition coefficient (Wildman–Crippen LogP) is 4.90. The van der Waals surface area contributed by atoms with Crippen LogP contribution >= 0.6 is 0 Å². The Hall–Kier alpha value is -4.02. The zero-order chi connectivity index (χ0) is 29.9. The molecule has 42 heavy (non-hydrogen) atoms. The van der Waals surface area contributed by atoms with Crippen LogP contribution in [0.4, 0.5) is 0 Å². The number of nitrogens with zero attached hydrogens (tertiary/aromatic N) is 3. The van der Waals surface area contributed by atoms with Crippen molar-refractivity contribution < 1.29 is 27.5 Å². The van der Waals surface area contributed by atoms with Crippen molar-refractivity contribution in [2.24, 2.45) is 16.9 Å². The minimum Gasteiger partial charge on any atom is -0.497 e. The molecule has 3 unspecified atom stereocenters. The summed E-state index contributed by atoms with van der Waals surface area (Å²) in [6.45, 7) is 4.40. The molecule has 10 heteroatoms. The van der Waals surface area contributed by atoms with Crippen LogP contribution in [-0.2, 0) is 19.6 Å². The largest absolute Gasteiger partial charge is 0.497 e. The third-order valence-electron chi connectivity index (χ3n) is 7.64. The van der Waals surface area contributed by atoms with Gasteiger partial charge in [-0.05, 0) is 59.7 Å². The molecule has 3 aromatic carbocycles. The number of hydrogen-bond acceptors (Lipinski definition) is 7. The van der Waals surface area contributed by atoms with E-state index in [9.17, 15) is 18.0 Å². The van der Waals surface area contributed by atoms with Gasteiger partial charge in [0.15, 0.2) is 6.61 Å². The molecule has 0 N–H and O–H groups in total. The molecule has 1 saturated heterocycles. The van der Waals surface area contributed by atoms with E-state index >= 15 is 0 Å². The van der Waals surface area contributed by atoms with E-state index in [1.807, 2.05) is 68.4 Å². The molecule has 2 heterocycles. The summed E-state index contributed by atoms with van der Waals surface area (Å²) in [7, 11) is -2.19. The molecule has 0 aromatic heterocycles. The second kappa shape index (κ2) is 12.5. The van der Waals surface area contributed by atoms with Crippen LogP contribution in [0, 0.1) is 11.8 Å². The summed E-state index contributed by atoms with van der Waals surface area (Å²) in [5.41, 5.74) is 2.57. The van der Waals surface area contributed by atoms with Gasteiger partial charge >= 0.3 is 5.97 Å². The van der Waals surface area contributed by atoms with Gasteiger partial charge in [0.1, 0.15) is 5.75 Å². The molecule has 3 aromatic rings. The van der Waals surface area contributed by atoms with Gasteiger partial charge in [0.05, 0.1) is 29.3 Å². The number of carbonyl (C=O) groups excluding carboxylic acids is 2. The third kappa shape index (κ3) is 6.39. The van der Waals surface area contributed by atoms with E-state index in [1.54, 1.807) is 7.11 Å². The van der Waals surface area contributed by atoms with Crippen molar-refractivity contribution in [1.82, 2.24) is 9.31 Å². The first-order valence-corrected chi connectivity index (χ1v) is 15.5. The highest BCUT2D eigenvalue weighted by atomic mass is 32.2. The van der Waals surface area contributed by atoms with Crippen LogP contribution in [0.2, 0.25) is 0 Å². The molecule has 9 nitrogen and oxygen atoms in total. The number of piperidine rings is 1. The monoisotopic (exact) mass is 589 g/mol. The summed E-state index contributed by atoms with van der Waals surface area (Å²) in [5, 5.41) is 5.97. The molecule has 220 valence electrons. The van der Waals surface area contributed by atoms with Crippen LogP contribution < -0.4 is 4.74 Å². The zero-order valence-electron chi connectivity index (χ0n) is 24.0. The molecular weight excluding hydrogens is 554 g/mol. The zero-order valence-corrected chi connectivity index (χ0v) is 24.8. The van der Waals surface area contributed by atoms with E-state index in [1.165, 1.54) is 33.6 Å². The summed E-state index contributed by atoms with van der Waals surface area (Å²) in [5.74, 6) is -0.0788. The Labute approximate surface area is 246 Å². The van der Waals surface area contributed by atoms with Gasteiger partial charge in [-0.15, -0.1) is 0 Å². The van der Waals surface area contributed by atoms with Gasteiger partial charge in [-0.2, -0.15) is 9.41 Å². The fraction of sp³-hybridized carbons (Fsp3) is 0.344. The van der Waals surface area contributed by atoms with Gasteiger partial charge in [-0.3, -0.25) is 4.79 Å². The lowest BCUT2D eigenvalue weighted by Gasteiger charge is -2.34. The number of esters is 1. The highest BCUT2D eigenvalue weighted by Crippen LogP contribution is 2.34. The van der Waals surface area contributed by atoms with Crippen LogP contribution in [0.5, 0.6) is 5.75 Å². The number of ether oxygens (including phenoxy) is 2. The maximum Gasteiger partial charge on any atom is 0.338 e. The molecule has 1 fully saturated rings. The molecular formula is C32H35N3O6S. The smallest absolute Gasteiger partial charge is 0.338 e. The van der Waals surface area contributed by atoms with E-state index in [-0.39, 0.29) is 28.3 Å². The average molecular weight is 590 g/mol. The number of benzene rings is 3. The van der Waals surface area contributed by atoms with Crippen molar-refractivity contribution >= 4 is 27.6 Å². The molecule has 3 atom stereocenters.